The first-order valence-corrected chi connectivity index (χ1v) is 10.7. The molecule has 0 bridgehead atoms. The molecule has 176 valence electrons. The second-order valence-electron chi connectivity index (χ2n) is 9.19. The Bertz CT molecular complexity index is 1250. The Labute approximate surface area is 197 Å². The van der Waals surface area contributed by atoms with Crippen LogP contribution in [0.3, 0.4) is 0 Å². The summed E-state index contributed by atoms with van der Waals surface area (Å²) in [4.78, 5) is 41.5. The standard InChI is InChI=1S/C26H27FN4O3/c1-15-20(11-17(12-22(15)27)25(34)31-18-6-5-9-29-13-18)19-8-7-16(10-21(19)23(28)32)24(33)30-14-26(2,3)4/h5-13H,14H2,1-4H3,(H2,28,32)(H,30,33)(H,31,34). The number of primary amides is 1. The third-order valence-electron chi connectivity index (χ3n) is 5.14. The highest BCUT2D eigenvalue weighted by Crippen LogP contribution is 2.31. The Morgan fingerprint density at radius 2 is 1.74 bits per heavy atom. The molecule has 0 saturated carbocycles. The van der Waals surface area contributed by atoms with E-state index >= 15 is 0 Å². The van der Waals surface area contributed by atoms with Gasteiger partial charge in [0.25, 0.3) is 11.8 Å². The number of pyridine rings is 1. The van der Waals surface area contributed by atoms with Gasteiger partial charge in [-0.2, -0.15) is 0 Å². The number of benzene rings is 2. The molecule has 0 atom stereocenters. The van der Waals surface area contributed by atoms with Gasteiger partial charge in [-0.25, -0.2) is 4.39 Å². The van der Waals surface area contributed by atoms with Crippen LogP contribution in [0.4, 0.5) is 10.1 Å². The molecule has 0 unspecified atom stereocenters. The van der Waals surface area contributed by atoms with Gasteiger partial charge < -0.3 is 16.4 Å². The summed E-state index contributed by atoms with van der Waals surface area (Å²) in [5.41, 5.74) is 7.20. The first kappa shape index (κ1) is 24.6. The van der Waals surface area contributed by atoms with E-state index in [0.717, 1.165) is 6.07 Å². The SMILES string of the molecule is Cc1c(F)cc(C(=O)Nc2cccnc2)cc1-c1ccc(C(=O)NCC(C)(C)C)cc1C(N)=O. The fourth-order valence-corrected chi connectivity index (χ4v) is 3.30. The van der Waals surface area contributed by atoms with Crippen LogP contribution in [0.5, 0.6) is 0 Å². The summed E-state index contributed by atoms with van der Waals surface area (Å²) in [6.45, 7) is 7.94. The normalized spacial score (nSPS) is 11.1. The number of halogens is 1. The van der Waals surface area contributed by atoms with Crippen LogP contribution in [0.25, 0.3) is 11.1 Å². The minimum absolute atomic E-state index is 0.0516. The molecule has 0 radical (unpaired) electrons. The topological polar surface area (TPSA) is 114 Å². The van der Waals surface area contributed by atoms with Crippen LogP contribution in [0, 0.1) is 18.2 Å². The Kier molecular flexibility index (Phi) is 7.10. The molecule has 1 heterocycles. The molecule has 0 spiro atoms. The molecule has 0 fully saturated rings. The third kappa shape index (κ3) is 5.83. The van der Waals surface area contributed by atoms with Crippen LogP contribution in [0.15, 0.2) is 54.9 Å². The molecule has 0 aliphatic rings. The number of nitrogens with two attached hydrogens (primary N) is 1. The van der Waals surface area contributed by atoms with Gasteiger partial charge >= 0.3 is 0 Å². The molecule has 34 heavy (non-hydrogen) atoms. The van der Waals surface area contributed by atoms with E-state index in [4.69, 9.17) is 5.73 Å². The number of anilines is 1. The van der Waals surface area contributed by atoms with Crippen molar-refractivity contribution < 1.29 is 18.8 Å². The number of rotatable bonds is 6. The van der Waals surface area contributed by atoms with Gasteiger partial charge in [0, 0.05) is 29.4 Å². The van der Waals surface area contributed by atoms with E-state index in [1.54, 1.807) is 31.3 Å². The molecule has 3 amide bonds. The molecule has 8 heteroatoms. The van der Waals surface area contributed by atoms with E-state index in [1.807, 2.05) is 20.8 Å². The predicted molar refractivity (Wildman–Crippen MR) is 129 cm³/mol. The lowest BCUT2D eigenvalue weighted by Crippen LogP contribution is -2.32. The van der Waals surface area contributed by atoms with E-state index in [1.165, 1.54) is 24.4 Å². The van der Waals surface area contributed by atoms with Gasteiger partial charge in [0.2, 0.25) is 5.91 Å². The van der Waals surface area contributed by atoms with Gasteiger partial charge in [0.15, 0.2) is 0 Å². The maximum Gasteiger partial charge on any atom is 0.255 e. The number of hydrogen-bond donors (Lipinski definition) is 3. The molecular formula is C26H27FN4O3. The first-order chi connectivity index (χ1) is 16.0. The molecular weight excluding hydrogens is 435 g/mol. The van der Waals surface area contributed by atoms with E-state index in [9.17, 15) is 18.8 Å². The number of nitrogens with one attached hydrogen (secondary N) is 2. The molecule has 3 aromatic rings. The van der Waals surface area contributed by atoms with Crippen molar-refractivity contribution in [1.29, 1.82) is 0 Å². The Morgan fingerprint density at radius 3 is 2.35 bits per heavy atom. The number of carbonyl (C=O) groups excluding carboxylic acids is 3. The number of hydrogen-bond acceptors (Lipinski definition) is 4. The van der Waals surface area contributed by atoms with Crippen molar-refractivity contribution >= 4 is 23.4 Å². The van der Waals surface area contributed by atoms with E-state index in [2.05, 4.69) is 15.6 Å². The van der Waals surface area contributed by atoms with Crippen molar-refractivity contribution in [3.63, 3.8) is 0 Å². The summed E-state index contributed by atoms with van der Waals surface area (Å²) in [5.74, 6) is -2.27. The maximum absolute atomic E-state index is 14.8. The molecule has 1 aromatic heterocycles. The minimum Gasteiger partial charge on any atom is -0.366 e. The molecule has 2 aromatic carbocycles. The number of carbonyl (C=O) groups is 3. The van der Waals surface area contributed by atoms with Crippen molar-refractivity contribution in [3.8, 4) is 11.1 Å². The van der Waals surface area contributed by atoms with Crippen molar-refractivity contribution in [1.82, 2.24) is 10.3 Å². The van der Waals surface area contributed by atoms with Crippen LogP contribution in [0.1, 0.15) is 57.4 Å². The zero-order chi connectivity index (χ0) is 25.0. The number of amides is 3. The zero-order valence-corrected chi connectivity index (χ0v) is 19.5. The van der Waals surface area contributed by atoms with Crippen molar-refractivity contribution in [2.75, 3.05) is 11.9 Å². The molecule has 7 nitrogen and oxygen atoms in total. The summed E-state index contributed by atoms with van der Waals surface area (Å²) >= 11 is 0. The lowest BCUT2D eigenvalue weighted by Gasteiger charge is -2.19. The average molecular weight is 463 g/mol. The third-order valence-corrected chi connectivity index (χ3v) is 5.14. The summed E-state index contributed by atoms with van der Waals surface area (Å²) < 4.78 is 14.8. The molecule has 0 saturated heterocycles. The van der Waals surface area contributed by atoms with Gasteiger partial charge in [-0.15, -0.1) is 0 Å². The Morgan fingerprint density at radius 1 is 1.00 bits per heavy atom. The quantitative estimate of drug-likeness (QED) is 0.506. The van der Waals surface area contributed by atoms with Gasteiger partial charge in [-0.3, -0.25) is 19.4 Å². The summed E-state index contributed by atoms with van der Waals surface area (Å²) in [5, 5.41) is 5.48. The lowest BCUT2D eigenvalue weighted by atomic mass is 9.92. The van der Waals surface area contributed by atoms with Gasteiger partial charge in [0.05, 0.1) is 11.9 Å². The van der Waals surface area contributed by atoms with Gasteiger partial charge in [0.1, 0.15) is 5.82 Å². The zero-order valence-electron chi connectivity index (χ0n) is 19.5. The van der Waals surface area contributed by atoms with Crippen LogP contribution < -0.4 is 16.4 Å². The largest absolute Gasteiger partial charge is 0.366 e. The van der Waals surface area contributed by atoms with Crippen molar-refractivity contribution in [2.45, 2.75) is 27.7 Å². The fraction of sp³-hybridized carbons (Fsp3) is 0.231. The first-order valence-electron chi connectivity index (χ1n) is 10.7. The molecule has 3 rings (SSSR count). The van der Waals surface area contributed by atoms with Crippen LogP contribution in [0.2, 0.25) is 0 Å². The van der Waals surface area contributed by atoms with Gasteiger partial charge in [-0.1, -0.05) is 26.8 Å². The summed E-state index contributed by atoms with van der Waals surface area (Å²) in [6, 6.07) is 10.4. The van der Waals surface area contributed by atoms with E-state index in [0.29, 0.717) is 23.4 Å². The van der Waals surface area contributed by atoms with Crippen LogP contribution >= 0.6 is 0 Å². The van der Waals surface area contributed by atoms with Crippen molar-refractivity contribution in [3.05, 3.63) is 82.9 Å². The monoisotopic (exact) mass is 462 g/mol. The van der Waals surface area contributed by atoms with Crippen LogP contribution in [-0.4, -0.2) is 29.3 Å². The smallest absolute Gasteiger partial charge is 0.255 e. The number of aromatic nitrogens is 1. The van der Waals surface area contributed by atoms with Crippen LogP contribution in [-0.2, 0) is 0 Å². The average Bonchev–Trinajstić information content (AvgIpc) is 2.79. The summed E-state index contributed by atoms with van der Waals surface area (Å²) in [7, 11) is 0. The minimum atomic E-state index is -0.773. The lowest BCUT2D eigenvalue weighted by molar-refractivity contribution is 0.0938. The molecule has 0 aliphatic heterocycles. The second-order valence-corrected chi connectivity index (χ2v) is 9.19. The number of nitrogens with zero attached hydrogens (tertiary/aromatic N) is 1. The van der Waals surface area contributed by atoms with E-state index < -0.39 is 17.6 Å². The summed E-state index contributed by atoms with van der Waals surface area (Å²) in [6.07, 6.45) is 3.04. The second kappa shape index (κ2) is 9.82. The Balaban J connectivity index is 2.00. The highest BCUT2D eigenvalue weighted by atomic mass is 19.1. The predicted octanol–water partition coefficient (Wildman–Crippen LogP) is 4.32. The van der Waals surface area contributed by atoms with Crippen molar-refractivity contribution in [2.24, 2.45) is 11.1 Å². The highest BCUT2D eigenvalue weighted by Gasteiger charge is 2.20. The Hall–Kier alpha value is -4.07. The highest BCUT2D eigenvalue weighted by molar-refractivity contribution is 6.07. The van der Waals surface area contributed by atoms with E-state index in [-0.39, 0.29) is 33.6 Å². The molecule has 4 N–H and O–H groups in total. The van der Waals surface area contributed by atoms with Gasteiger partial charge in [-0.05, 0) is 65.4 Å². The maximum atomic E-state index is 14.8. The molecule has 0 aliphatic carbocycles. The fourth-order valence-electron chi connectivity index (χ4n) is 3.30.